The van der Waals surface area contributed by atoms with E-state index in [1.807, 2.05) is 36.4 Å². The van der Waals surface area contributed by atoms with Crippen molar-refractivity contribution in [2.24, 2.45) is 0 Å². The van der Waals surface area contributed by atoms with Crippen LogP contribution in [0.15, 0.2) is 84.9 Å². The number of imide groups is 1. The van der Waals surface area contributed by atoms with E-state index in [0.717, 1.165) is 11.1 Å². The fraction of sp³-hybridized carbons (Fsp3) is 0.394. The summed E-state index contributed by atoms with van der Waals surface area (Å²) in [5, 5.41) is 0. The van der Waals surface area contributed by atoms with Crippen molar-refractivity contribution in [3.8, 4) is 0 Å². The van der Waals surface area contributed by atoms with Gasteiger partial charge >= 0.3 is 0 Å². The number of rotatable bonds is 17. The molecule has 7 nitrogen and oxygen atoms in total. The highest BCUT2D eigenvalue weighted by Gasteiger charge is 2.35. The van der Waals surface area contributed by atoms with Gasteiger partial charge in [0.2, 0.25) is 0 Å². The number of carbonyl (C=O) groups is 2. The SMILES string of the molecule is CC(C)(OCCOCCOCCN1C(=O)c2ccccc2C1=O)C(F)CN(Cc1ccccc1)Cc1ccccc1. The molecule has 2 amide bonds. The summed E-state index contributed by atoms with van der Waals surface area (Å²) in [5.41, 5.74) is 2.14. The molecule has 218 valence electrons. The third-order valence-electron chi connectivity index (χ3n) is 7.08. The number of alkyl halides is 1. The first kappa shape index (κ1) is 30.5. The highest BCUT2D eigenvalue weighted by Crippen LogP contribution is 2.23. The van der Waals surface area contributed by atoms with Crippen LogP contribution in [-0.2, 0) is 27.3 Å². The maximum Gasteiger partial charge on any atom is 0.261 e. The van der Waals surface area contributed by atoms with Crippen LogP contribution in [0, 0.1) is 0 Å². The van der Waals surface area contributed by atoms with Crippen LogP contribution in [0.5, 0.6) is 0 Å². The van der Waals surface area contributed by atoms with Gasteiger partial charge in [-0.25, -0.2) is 4.39 Å². The Labute approximate surface area is 241 Å². The molecular weight excluding hydrogens is 523 g/mol. The van der Waals surface area contributed by atoms with Gasteiger partial charge in [0.05, 0.1) is 56.3 Å². The van der Waals surface area contributed by atoms with Gasteiger partial charge < -0.3 is 14.2 Å². The fourth-order valence-electron chi connectivity index (χ4n) is 4.69. The molecule has 0 N–H and O–H groups in total. The van der Waals surface area contributed by atoms with Crippen molar-refractivity contribution in [1.82, 2.24) is 9.80 Å². The number of carbonyl (C=O) groups excluding carboxylic acids is 2. The molecule has 1 heterocycles. The molecule has 3 aromatic carbocycles. The van der Waals surface area contributed by atoms with Crippen LogP contribution >= 0.6 is 0 Å². The largest absolute Gasteiger partial charge is 0.377 e. The molecule has 1 aliphatic heterocycles. The van der Waals surface area contributed by atoms with Crippen LogP contribution in [0.3, 0.4) is 0 Å². The molecule has 0 bridgehead atoms. The van der Waals surface area contributed by atoms with Crippen LogP contribution in [0.25, 0.3) is 0 Å². The number of hydrogen-bond acceptors (Lipinski definition) is 6. The van der Waals surface area contributed by atoms with Crippen molar-refractivity contribution >= 4 is 11.8 Å². The van der Waals surface area contributed by atoms with Gasteiger partial charge in [-0.05, 0) is 37.1 Å². The standard InChI is InChI=1S/C33H39FN2O5/c1-33(2,30(34)25-35(23-26-11-5-3-6-12-26)24-27-13-7-4-8-14-27)41-22-21-40-20-19-39-18-17-36-31(37)28-15-9-10-16-29(28)32(36)38/h3-16,30H,17-25H2,1-2H3. The van der Waals surface area contributed by atoms with Gasteiger partial charge in [-0.2, -0.15) is 0 Å². The quantitative estimate of drug-likeness (QED) is 0.167. The van der Waals surface area contributed by atoms with Gasteiger partial charge in [0.25, 0.3) is 11.8 Å². The number of hydrogen-bond donors (Lipinski definition) is 0. The number of ether oxygens (including phenoxy) is 3. The number of amides is 2. The average molecular weight is 563 g/mol. The van der Waals surface area contributed by atoms with Gasteiger partial charge in [-0.1, -0.05) is 72.8 Å². The summed E-state index contributed by atoms with van der Waals surface area (Å²) in [7, 11) is 0. The molecule has 3 aromatic rings. The zero-order chi connectivity index (χ0) is 29.1. The van der Waals surface area contributed by atoms with Crippen LogP contribution < -0.4 is 0 Å². The molecule has 4 rings (SSSR count). The molecule has 0 saturated carbocycles. The average Bonchev–Trinajstić information content (AvgIpc) is 3.22. The van der Waals surface area contributed by atoms with Gasteiger partial charge in [0.15, 0.2) is 0 Å². The minimum absolute atomic E-state index is 0.188. The lowest BCUT2D eigenvalue weighted by Crippen LogP contribution is -2.44. The fourth-order valence-corrected chi connectivity index (χ4v) is 4.69. The summed E-state index contributed by atoms with van der Waals surface area (Å²) in [6.45, 7) is 6.65. The van der Waals surface area contributed by atoms with Crippen molar-refractivity contribution < 1.29 is 28.2 Å². The molecule has 0 saturated heterocycles. The molecule has 0 radical (unpaired) electrons. The Kier molecular flexibility index (Phi) is 11.2. The maximum atomic E-state index is 15.5. The molecule has 8 heteroatoms. The summed E-state index contributed by atoms with van der Waals surface area (Å²) in [6.07, 6.45) is -1.21. The van der Waals surface area contributed by atoms with E-state index in [0.29, 0.717) is 44.0 Å². The van der Waals surface area contributed by atoms with E-state index in [2.05, 4.69) is 29.2 Å². The smallest absolute Gasteiger partial charge is 0.261 e. The van der Waals surface area contributed by atoms with Crippen molar-refractivity contribution in [1.29, 1.82) is 0 Å². The predicted octanol–water partition coefficient (Wildman–Crippen LogP) is 5.15. The van der Waals surface area contributed by atoms with E-state index in [9.17, 15) is 9.59 Å². The first-order valence-electron chi connectivity index (χ1n) is 14.0. The van der Waals surface area contributed by atoms with E-state index in [1.54, 1.807) is 38.1 Å². The first-order chi connectivity index (χ1) is 19.8. The molecule has 41 heavy (non-hydrogen) atoms. The monoisotopic (exact) mass is 562 g/mol. The minimum Gasteiger partial charge on any atom is -0.377 e. The Morgan fingerprint density at radius 1 is 0.707 bits per heavy atom. The lowest BCUT2D eigenvalue weighted by molar-refractivity contribution is -0.0971. The predicted molar refractivity (Wildman–Crippen MR) is 155 cm³/mol. The second-order valence-electron chi connectivity index (χ2n) is 10.6. The van der Waals surface area contributed by atoms with Crippen LogP contribution in [0.4, 0.5) is 4.39 Å². The maximum absolute atomic E-state index is 15.5. The third-order valence-corrected chi connectivity index (χ3v) is 7.08. The number of halogens is 1. The van der Waals surface area contributed by atoms with E-state index in [-0.39, 0.29) is 38.1 Å². The molecule has 0 aliphatic carbocycles. The molecule has 1 atom stereocenters. The van der Waals surface area contributed by atoms with Crippen molar-refractivity contribution in [2.45, 2.75) is 38.7 Å². The summed E-state index contributed by atoms with van der Waals surface area (Å²) >= 11 is 0. The van der Waals surface area contributed by atoms with E-state index in [4.69, 9.17) is 14.2 Å². The van der Waals surface area contributed by atoms with E-state index in [1.165, 1.54) is 4.90 Å². The number of benzene rings is 3. The van der Waals surface area contributed by atoms with E-state index >= 15 is 4.39 Å². The zero-order valence-corrected chi connectivity index (χ0v) is 23.8. The topological polar surface area (TPSA) is 68.3 Å². The number of nitrogens with zero attached hydrogens (tertiary/aromatic N) is 2. The Bertz CT molecular complexity index is 1180. The highest BCUT2D eigenvalue weighted by atomic mass is 19.1. The molecule has 1 aliphatic rings. The second-order valence-corrected chi connectivity index (χ2v) is 10.6. The van der Waals surface area contributed by atoms with E-state index < -0.39 is 11.8 Å². The molecule has 1 unspecified atom stereocenters. The van der Waals surface area contributed by atoms with Gasteiger partial charge in [0.1, 0.15) is 6.17 Å². The van der Waals surface area contributed by atoms with Gasteiger partial charge in [-0.3, -0.25) is 19.4 Å². The van der Waals surface area contributed by atoms with Gasteiger partial charge in [-0.15, -0.1) is 0 Å². The number of fused-ring (bicyclic) bond motifs is 1. The molecular formula is C33H39FN2O5. The Hall–Kier alpha value is -3.43. The Morgan fingerprint density at radius 3 is 1.71 bits per heavy atom. The normalized spacial score (nSPS) is 14.1. The Morgan fingerprint density at radius 2 is 1.17 bits per heavy atom. The Balaban J connectivity index is 1.13. The minimum atomic E-state index is -1.21. The lowest BCUT2D eigenvalue weighted by Gasteiger charge is -2.33. The zero-order valence-electron chi connectivity index (χ0n) is 23.8. The summed E-state index contributed by atoms with van der Waals surface area (Å²) in [5.74, 6) is -0.584. The molecule has 0 fully saturated rings. The van der Waals surface area contributed by atoms with Gasteiger partial charge in [0, 0.05) is 19.6 Å². The van der Waals surface area contributed by atoms with Crippen LogP contribution in [0.1, 0.15) is 45.7 Å². The van der Waals surface area contributed by atoms with Crippen LogP contribution in [0.2, 0.25) is 0 Å². The summed E-state index contributed by atoms with van der Waals surface area (Å²) in [6, 6.07) is 27.0. The second kappa shape index (κ2) is 15.0. The molecule has 0 spiro atoms. The summed E-state index contributed by atoms with van der Waals surface area (Å²) < 4.78 is 32.6. The van der Waals surface area contributed by atoms with Crippen LogP contribution in [-0.4, -0.2) is 79.5 Å². The molecule has 0 aromatic heterocycles. The van der Waals surface area contributed by atoms with Crippen molar-refractivity contribution in [3.05, 3.63) is 107 Å². The third kappa shape index (κ3) is 8.78. The van der Waals surface area contributed by atoms with Crippen molar-refractivity contribution in [2.75, 3.05) is 46.1 Å². The lowest BCUT2D eigenvalue weighted by atomic mass is 10.0. The first-order valence-corrected chi connectivity index (χ1v) is 14.0. The highest BCUT2D eigenvalue weighted by molar-refractivity contribution is 6.21. The van der Waals surface area contributed by atoms with Crippen molar-refractivity contribution in [3.63, 3.8) is 0 Å². The summed E-state index contributed by atoms with van der Waals surface area (Å²) in [4.78, 5) is 28.1.